The van der Waals surface area contributed by atoms with Crippen LogP contribution in [0.15, 0.2) is 90.7 Å². The number of likely N-dealkylation sites (N-methyl/N-ethyl adjacent to an activating group) is 1. The molecule has 0 aliphatic carbocycles. The van der Waals surface area contributed by atoms with Gasteiger partial charge in [0, 0.05) is 77.1 Å². The van der Waals surface area contributed by atoms with E-state index in [0.717, 1.165) is 23.6 Å². The number of aliphatic hydroxyl groups excluding tert-OH is 1. The standard InChI is InChI=1S/C23H26N2O2.C12H14N2O3.Co/c1-23(16-17-10-6-5-7-11-17)18-14-20(26-3)21(27-4)15-19(18)25(2)22(23)12-8-9-13-24;13-11(15)9-1-3-10(4-2-9)12(16)14-5-7-17-8-6-14;/h5-15,24H,16H2,1-4H3;1-4H,5-8H2,(H2,13,15);/b9-8+,22-12-,24-13?;;. The molecule has 1 radical (unpaired) electrons. The quantitative estimate of drug-likeness (QED) is 0.209. The third-order valence-electron chi connectivity index (χ3n) is 7.95. The topological polar surface area (TPSA) is 119 Å². The van der Waals surface area contributed by atoms with E-state index in [1.807, 2.05) is 18.2 Å². The second kappa shape index (κ2) is 16.1. The molecule has 9 nitrogen and oxygen atoms in total. The number of benzene rings is 3. The molecular formula is C35H40CoN4O5. The van der Waals surface area contributed by atoms with Crippen LogP contribution in [0.3, 0.4) is 0 Å². The summed E-state index contributed by atoms with van der Waals surface area (Å²) in [6.45, 7) is 4.63. The fourth-order valence-corrected chi connectivity index (χ4v) is 5.63. The minimum Gasteiger partial charge on any atom is -0.493 e. The normalized spacial score (nSPS) is 18.0. The van der Waals surface area contributed by atoms with Crippen molar-refractivity contribution in [1.82, 2.24) is 4.90 Å². The molecular weight excluding hydrogens is 615 g/mol. The first kappa shape index (κ1) is 35.1. The summed E-state index contributed by atoms with van der Waals surface area (Å²) in [5.41, 5.74) is 5.52. The third kappa shape index (κ3) is 8.02. The van der Waals surface area contributed by atoms with Gasteiger partial charge in [0.2, 0.25) is 5.90 Å². The van der Waals surface area contributed by atoms with Gasteiger partial charge in [0.25, 0.3) is 5.91 Å². The van der Waals surface area contributed by atoms with Gasteiger partial charge in [-0.1, -0.05) is 36.4 Å². The summed E-state index contributed by atoms with van der Waals surface area (Å²) in [6, 6.07) is 21.0. The molecule has 1 atom stereocenters. The summed E-state index contributed by atoms with van der Waals surface area (Å²) in [7, 11) is 5.40. The van der Waals surface area contributed by atoms with E-state index in [4.69, 9.17) is 30.1 Å². The number of fused-ring (bicyclic) bond motifs is 1. The van der Waals surface area contributed by atoms with E-state index in [-0.39, 0.29) is 28.1 Å². The van der Waals surface area contributed by atoms with Gasteiger partial charge in [-0.2, -0.15) is 0 Å². The number of carbonyl (C=O) groups excluding carboxylic acids is 1. The molecule has 2 heterocycles. The fourth-order valence-electron chi connectivity index (χ4n) is 5.63. The van der Waals surface area contributed by atoms with Gasteiger partial charge in [-0.3, -0.25) is 10.2 Å². The Morgan fingerprint density at radius 2 is 1.58 bits per heavy atom. The van der Waals surface area contributed by atoms with Crippen molar-refractivity contribution in [3.63, 3.8) is 0 Å². The maximum absolute atomic E-state index is 12.0. The Hall–Kier alpha value is -4.38. The number of nitrogens with one attached hydrogen (secondary N) is 2. The number of nitrogens with zero attached hydrogens (tertiary/aromatic N) is 2. The van der Waals surface area contributed by atoms with E-state index in [1.165, 1.54) is 23.0 Å². The van der Waals surface area contributed by atoms with Crippen molar-refractivity contribution in [3.8, 4) is 11.5 Å². The second-order valence-electron chi connectivity index (χ2n) is 10.7. The smallest absolute Gasteiger partial charge is 0.254 e. The molecule has 3 aromatic carbocycles. The van der Waals surface area contributed by atoms with Crippen LogP contribution < -0.4 is 14.4 Å². The first-order chi connectivity index (χ1) is 21.2. The van der Waals surface area contributed by atoms with E-state index < -0.39 is 5.90 Å². The summed E-state index contributed by atoms with van der Waals surface area (Å²) in [5, 5.41) is 23.3. The number of ether oxygens (including phenoxy) is 3. The number of carbonyl (C=O) groups is 1. The average Bonchev–Trinajstić information content (AvgIpc) is 3.25. The third-order valence-corrected chi connectivity index (χ3v) is 7.95. The van der Waals surface area contributed by atoms with Gasteiger partial charge >= 0.3 is 0 Å². The van der Waals surface area contributed by atoms with Crippen LogP contribution in [0, 0.1) is 10.8 Å². The van der Waals surface area contributed by atoms with Gasteiger partial charge < -0.3 is 34.5 Å². The molecule has 2 aliphatic rings. The van der Waals surface area contributed by atoms with Crippen LogP contribution >= 0.6 is 0 Å². The average molecular weight is 656 g/mol. The zero-order valence-corrected chi connectivity index (χ0v) is 27.0. The molecule has 10 heteroatoms. The Morgan fingerprint density at radius 3 is 2.16 bits per heavy atom. The monoisotopic (exact) mass is 655 g/mol. The number of aliphatic hydroxyl groups is 1. The predicted molar refractivity (Wildman–Crippen MR) is 174 cm³/mol. The van der Waals surface area contributed by atoms with Crippen LogP contribution in [0.2, 0.25) is 0 Å². The molecule has 5 rings (SSSR count). The molecule has 1 unspecified atom stereocenters. The minimum absolute atomic E-state index is 0. The Bertz CT molecular complexity index is 1540. The van der Waals surface area contributed by atoms with E-state index >= 15 is 0 Å². The molecule has 0 aromatic heterocycles. The molecule has 1 amide bonds. The van der Waals surface area contributed by atoms with Gasteiger partial charge in [0.1, 0.15) is 0 Å². The van der Waals surface area contributed by atoms with E-state index in [0.29, 0.717) is 37.4 Å². The summed E-state index contributed by atoms with van der Waals surface area (Å²) in [5.74, 6) is 0.932. The van der Waals surface area contributed by atoms with Crippen molar-refractivity contribution in [2.24, 2.45) is 0 Å². The number of morpholine rings is 1. The molecule has 0 bridgehead atoms. The fraction of sp³-hybridized carbons (Fsp3) is 0.286. The van der Waals surface area contributed by atoms with Gasteiger partial charge in [-0.15, -0.1) is 0 Å². The summed E-state index contributed by atoms with van der Waals surface area (Å²) >= 11 is 0. The van der Waals surface area contributed by atoms with Crippen LogP contribution in [0.1, 0.15) is 34.0 Å². The molecule has 1 fully saturated rings. The van der Waals surface area contributed by atoms with Gasteiger partial charge in [-0.25, -0.2) is 0 Å². The molecule has 3 N–H and O–H groups in total. The van der Waals surface area contributed by atoms with Crippen molar-refractivity contribution < 1.29 is 40.9 Å². The largest absolute Gasteiger partial charge is 0.493 e. The number of rotatable bonds is 8. The van der Waals surface area contributed by atoms with Crippen LogP contribution in [0.4, 0.5) is 5.69 Å². The van der Waals surface area contributed by atoms with E-state index in [1.54, 1.807) is 49.5 Å². The van der Waals surface area contributed by atoms with Crippen molar-refractivity contribution in [2.45, 2.75) is 18.8 Å². The molecule has 0 spiro atoms. The molecule has 0 saturated carbocycles. The zero-order chi connectivity index (χ0) is 31.7. The summed E-state index contributed by atoms with van der Waals surface area (Å²) in [4.78, 5) is 16.0. The van der Waals surface area contributed by atoms with Gasteiger partial charge in [0.05, 0.1) is 27.4 Å². The number of methoxy groups -OCH3 is 2. The Morgan fingerprint density at radius 1 is 0.978 bits per heavy atom. The number of anilines is 1. The Kier molecular flexibility index (Phi) is 12.5. The minimum atomic E-state index is -0.490. The molecule has 2 aliphatic heterocycles. The maximum atomic E-state index is 12.0. The SMILES string of the molecule is COc1cc2c(cc1OC)C(C)(Cc1ccccc1)/C(=C/C=C/C=N)N2C.N=C(O)c1ccc(C(=O)N2CCOCC2)cc1.[Co]. The summed E-state index contributed by atoms with van der Waals surface area (Å²) in [6.07, 6.45) is 7.90. The number of allylic oxidation sites excluding steroid dienone is 4. The van der Waals surface area contributed by atoms with Gasteiger partial charge in [-0.05, 0) is 67.0 Å². The first-order valence-corrected chi connectivity index (χ1v) is 14.4. The summed E-state index contributed by atoms with van der Waals surface area (Å²) < 4.78 is 16.3. The van der Waals surface area contributed by atoms with E-state index in [2.05, 4.69) is 55.3 Å². The zero-order valence-electron chi connectivity index (χ0n) is 26.0. The Labute approximate surface area is 275 Å². The molecule has 45 heavy (non-hydrogen) atoms. The van der Waals surface area contributed by atoms with Crippen molar-refractivity contribution in [2.75, 3.05) is 52.5 Å². The van der Waals surface area contributed by atoms with Crippen molar-refractivity contribution in [3.05, 3.63) is 113 Å². The molecule has 1 saturated heterocycles. The van der Waals surface area contributed by atoms with Crippen LogP contribution in [0.25, 0.3) is 0 Å². The van der Waals surface area contributed by atoms with E-state index in [9.17, 15) is 4.79 Å². The van der Waals surface area contributed by atoms with Crippen molar-refractivity contribution >= 4 is 23.7 Å². The van der Waals surface area contributed by atoms with Crippen molar-refractivity contribution in [1.29, 1.82) is 10.8 Å². The first-order valence-electron chi connectivity index (χ1n) is 14.4. The number of amides is 1. The number of hydrogen-bond acceptors (Lipinski definition) is 7. The second-order valence-corrected chi connectivity index (χ2v) is 10.7. The van der Waals surface area contributed by atoms with Gasteiger partial charge in [0.15, 0.2) is 11.5 Å². The predicted octanol–water partition coefficient (Wildman–Crippen LogP) is 5.78. The van der Waals surface area contributed by atoms with Crippen LogP contribution in [-0.2, 0) is 33.4 Å². The maximum Gasteiger partial charge on any atom is 0.254 e. The van der Waals surface area contributed by atoms with Crippen LogP contribution in [-0.4, -0.2) is 75.6 Å². The van der Waals surface area contributed by atoms with Crippen LogP contribution in [0.5, 0.6) is 11.5 Å². The number of hydrogen-bond donors (Lipinski definition) is 3. The molecule has 3 aromatic rings. The Balaban J connectivity index is 0.000000265. The molecule has 239 valence electrons.